The lowest BCUT2D eigenvalue weighted by Gasteiger charge is -2.16. The standard InChI is InChI=1S/C16H13F3N2O4S/c17-16(18,19)9-3-1-4-10(7-9)20-14(24)11(8-22)21-15(25)13(23)12-5-2-6-26-12/h1-7,11,22H,8H2,(H,20,24)(H,21,25). The number of Topliss-reactive ketones (excluding diaryl/α,β-unsaturated/α-hetero) is 1. The Morgan fingerprint density at radius 3 is 2.46 bits per heavy atom. The van der Waals surface area contributed by atoms with Crippen LogP contribution in [0.25, 0.3) is 0 Å². The largest absolute Gasteiger partial charge is 0.416 e. The summed E-state index contributed by atoms with van der Waals surface area (Å²) in [6.45, 7) is -0.839. The number of aliphatic hydroxyl groups excluding tert-OH is 1. The first-order chi connectivity index (χ1) is 12.2. The number of amides is 2. The second-order valence-electron chi connectivity index (χ2n) is 5.08. The summed E-state index contributed by atoms with van der Waals surface area (Å²) < 4.78 is 38.0. The molecule has 0 spiro atoms. The Balaban J connectivity index is 2.05. The van der Waals surface area contributed by atoms with E-state index >= 15 is 0 Å². The quantitative estimate of drug-likeness (QED) is 0.523. The molecule has 6 nitrogen and oxygen atoms in total. The van der Waals surface area contributed by atoms with Gasteiger partial charge in [0.15, 0.2) is 0 Å². The molecule has 2 aromatic rings. The van der Waals surface area contributed by atoms with Crippen molar-refractivity contribution < 1.29 is 32.7 Å². The van der Waals surface area contributed by atoms with Crippen LogP contribution in [-0.2, 0) is 15.8 Å². The lowest BCUT2D eigenvalue weighted by atomic mass is 10.2. The summed E-state index contributed by atoms with van der Waals surface area (Å²) in [5, 5.41) is 15.1. The molecule has 1 aromatic carbocycles. The van der Waals surface area contributed by atoms with Crippen molar-refractivity contribution in [2.45, 2.75) is 12.2 Å². The minimum Gasteiger partial charge on any atom is -0.394 e. The molecule has 0 fully saturated rings. The normalized spacial score (nSPS) is 12.3. The lowest BCUT2D eigenvalue weighted by molar-refractivity contribution is -0.137. The van der Waals surface area contributed by atoms with Gasteiger partial charge in [-0.15, -0.1) is 11.3 Å². The van der Waals surface area contributed by atoms with Crippen LogP contribution < -0.4 is 10.6 Å². The molecule has 0 bridgehead atoms. The number of carbonyl (C=O) groups is 3. The zero-order valence-corrected chi connectivity index (χ0v) is 13.9. The van der Waals surface area contributed by atoms with Gasteiger partial charge in [-0.25, -0.2) is 0 Å². The number of rotatable bonds is 6. The lowest BCUT2D eigenvalue weighted by Crippen LogP contribution is -2.48. The van der Waals surface area contributed by atoms with Crippen LogP contribution in [0.5, 0.6) is 0 Å². The number of ketones is 1. The number of halogens is 3. The van der Waals surface area contributed by atoms with Crippen molar-refractivity contribution in [1.82, 2.24) is 5.32 Å². The van der Waals surface area contributed by atoms with Crippen molar-refractivity contribution in [2.24, 2.45) is 0 Å². The zero-order chi connectivity index (χ0) is 19.3. The zero-order valence-electron chi connectivity index (χ0n) is 13.0. The van der Waals surface area contributed by atoms with Crippen LogP contribution in [-0.4, -0.2) is 35.4 Å². The SMILES string of the molecule is O=C(NC(CO)C(=O)Nc1cccc(C(F)(F)F)c1)C(=O)c1cccs1. The molecule has 0 radical (unpaired) electrons. The molecule has 0 aliphatic carbocycles. The number of carbonyl (C=O) groups excluding carboxylic acids is 3. The van der Waals surface area contributed by atoms with Crippen molar-refractivity contribution in [3.8, 4) is 0 Å². The number of nitrogens with one attached hydrogen (secondary N) is 2. The van der Waals surface area contributed by atoms with Crippen molar-refractivity contribution in [3.63, 3.8) is 0 Å². The van der Waals surface area contributed by atoms with Gasteiger partial charge < -0.3 is 15.7 Å². The van der Waals surface area contributed by atoms with Crippen LogP contribution in [0, 0.1) is 0 Å². The Labute approximate surface area is 149 Å². The first kappa shape index (κ1) is 19.6. The average Bonchev–Trinajstić information content (AvgIpc) is 3.12. The maximum Gasteiger partial charge on any atom is 0.416 e. The van der Waals surface area contributed by atoms with E-state index < -0.39 is 42.0 Å². The molecule has 3 N–H and O–H groups in total. The first-order valence-electron chi connectivity index (χ1n) is 7.20. The Hall–Kier alpha value is -2.72. The Morgan fingerprint density at radius 1 is 1.15 bits per heavy atom. The molecule has 26 heavy (non-hydrogen) atoms. The highest BCUT2D eigenvalue weighted by atomic mass is 32.1. The van der Waals surface area contributed by atoms with Gasteiger partial charge in [-0.05, 0) is 29.6 Å². The van der Waals surface area contributed by atoms with Gasteiger partial charge in [0.25, 0.3) is 11.7 Å². The highest BCUT2D eigenvalue weighted by Gasteiger charge is 2.31. The third kappa shape index (κ3) is 4.90. The van der Waals surface area contributed by atoms with E-state index in [1.807, 2.05) is 0 Å². The molecule has 2 rings (SSSR count). The summed E-state index contributed by atoms with van der Waals surface area (Å²) in [6, 6.07) is 5.36. The van der Waals surface area contributed by atoms with E-state index in [4.69, 9.17) is 0 Å². The van der Waals surface area contributed by atoms with Gasteiger partial charge in [-0.1, -0.05) is 12.1 Å². The van der Waals surface area contributed by atoms with Gasteiger partial charge in [0.2, 0.25) is 5.91 Å². The van der Waals surface area contributed by atoms with E-state index in [2.05, 4.69) is 10.6 Å². The molecule has 1 atom stereocenters. The fraction of sp³-hybridized carbons (Fsp3) is 0.188. The molecule has 0 aliphatic rings. The topological polar surface area (TPSA) is 95.5 Å². The number of hydrogen-bond acceptors (Lipinski definition) is 5. The maximum atomic E-state index is 12.7. The minimum absolute atomic E-state index is 0.150. The number of aliphatic hydroxyl groups is 1. The predicted molar refractivity (Wildman–Crippen MR) is 87.7 cm³/mol. The van der Waals surface area contributed by atoms with Gasteiger partial charge in [0.05, 0.1) is 17.0 Å². The highest BCUT2D eigenvalue weighted by Crippen LogP contribution is 2.30. The number of alkyl halides is 3. The molecule has 2 amide bonds. The Morgan fingerprint density at radius 2 is 1.88 bits per heavy atom. The highest BCUT2D eigenvalue weighted by molar-refractivity contribution is 7.13. The van der Waals surface area contributed by atoms with Gasteiger partial charge in [0.1, 0.15) is 6.04 Å². The van der Waals surface area contributed by atoms with E-state index in [-0.39, 0.29) is 10.6 Å². The van der Waals surface area contributed by atoms with Crippen molar-refractivity contribution >= 4 is 34.6 Å². The van der Waals surface area contributed by atoms with E-state index in [0.29, 0.717) is 6.07 Å². The van der Waals surface area contributed by atoms with E-state index in [1.165, 1.54) is 12.1 Å². The van der Waals surface area contributed by atoms with Gasteiger partial charge in [0, 0.05) is 5.69 Å². The summed E-state index contributed by atoms with van der Waals surface area (Å²) in [5.74, 6) is -2.95. The summed E-state index contributed by atoms with van der Waals surface area (Å²) >= 11 is 1.03. The van der Waals surface area contributed by atoms with Crippen LogP contribution in [0.15, 0.2) is 41.8 Å². The van der Waals surface area contributed by atoms with Gasteiger partial charge in [-0.2, -0.15) is 13.2 Å². The molecule has 138 valence electrons. The van der Waals surface area contributed by atoms with Crippen LogP contribution in [0.2, 0.25) is 0 Å². The van der Waals surface area contributed by atoms with Crippen molar-refractivity contribution in [2.75, 3.05) is 11.9 Å². The molecule has 1 unspecified atom stereocenters. The molecule has 0 saturated carbocycles. The summed E-state index contributed by atoms with van der Waals surface area (Å²) in [4.78, 5) is 35.9. The maximum absolute atomic E-state index is 12.7. The first-order valence-corrected chi connectivity index (χ1v) is 8.08. The molecule has 0 saturated heterocycles. The molecular weight excluding hydrogens is 373 g/mol. The summed E-state index contributed by atoms with van der Waals surface area (Å²) in [5.41, 5.74) is -1.13. The number of hydrogen-bond donors (Lipinski definition) is 3. The van der Waals surface area contributed by atoms with Crippen LogP contribution in [0.1, 0.15) is 15.2 Å². The van der Waals surface area contributed by atoms with Gasteiger partial charge >= 0.3 is 6.18 Å². The van der Waals surface area contributed by atoms with Crippen LogP contribution in [0.3, 0.4) is 0 Å². The molecule has 1 heterocycles. The monoisotopic (exact) mass is 386 g/mol. The molecular formula is C16H13F3N2O4S. The summed E-state index contributed by atoms with van der Waals surface area (Å²) in [6.07, 6.45) is -4.58. The fourth-order valence-electron chi connectivity index (χ4n) is 1.94. The Bertz CT molecular complexity index is 806. The third-order valence-corrected chi connectivity index (χ3v) is 4.08. The average molecular weight is 386 g/mol. The van der Waals surface area contributed by atoms with E-state index in [0.717, 1.165) is 23.5 Å². The minimum atomic E-state index is -4.58. The fourth-order valence-corrected chi connectivity index (χ4v) is 2.60. The van der Waals surface area contributed by atoms with E-state index in [1.54, 1.807) is 11.4 Å². The van der Waals surface area contributed by atoms with Crippen LogP contribution >= 0.6 is 11.3 Å². The van der Waals surface area contributed by atoms with Crippen LogP contribution in [0.4, 0.5) is 18.9 Å². The smallest absolute Gasteiger partial charge is 0.394 e. The third-order valence-electron chi connectivity index (χ3n) is 3.21. The second-order valence-corrected chi connectivity index (χ2v) is 6.03. The summed E-state index contributed by atoms with van der Waals surface area (Å²) in [7, 11) is 0. The number of benzene rings is 1. The van der Waals surface area contributed by atoms with Gasteiger partial charge in [-0.3, -0.25) is 14.4 Å². The van der Waals surface area contributed by atoms with Crippen molar-refractivity contribution in [1.29, 1.82) is 0 Å². The second kappa shape index (κ2) is 8.11. The number of thiophene rings is 1. The molecule has 1 aromatic heterocycles. The Kier molecular flexibility index (Phi) is 6.11. The predicted octanol–water partition coefficient (Wildman–Crippen LogP) is 2.07. The van der Waals surface area contributed by atoms with Crippen molar-refractivity contribution in [3.05, 3.63) is 52.2 Å². The molecule has 0 aliphatic heterocycles. The molecule has 10 heteroatoms. The number of anilines is 1. The van der Waals surface area contributed by atoms with E-state index in [9.17, 15) is 32.7 Å².